The van der Waals surface area contributed by atoms with Gasteiger partial charge in [0.25, 0.3) is 10.0 Å². The summed E-state index contributed by atoms with van der Waals surface area (Å²) < 4.78 is 28.7. The Bertz CT molecular complexity index is 1430. The fourth-order valence-corrected chi connectivity index (χ4v) is 5.62. The number of halogens is 1. The van der Waals surface area contributed by atoms with Gasteiger partial charge in [-0.15, -0.1) is 0 Å². The molecule has 0 saturated heterocycles. The zero-order valence-corrected chi connectivity index (χ0v) is 24.8. The molecule has 3 rings (SSSR count). The van der Waals surface area contributed by atoms with Crippen LogP contribution >= 0.6 is 11.6 Å². The predicted molar refractivity (Wildman–Crippen MR) is 156 cm³/mol. The summed E-state index contributed by atoms with van der Waals surface area (Å²) in [6.45, 7) is 10.6. The number of hydrogen-bond acceptors (Lipinski definition) is 4. The second-order valence-electron chi connectivity index (χ2n) is 10.7. The monoisotopic (exact) mass is 569 g/mol. The number of carbonyl (C=O) groups is 2. The van der Waals surface area contributed by atoms with E-state index >= 15 is 0 Å². The number of aryl methyl sites for hydroxylation is 2. The van der Waals surface area contributed by atoms with E-state index in [0.717, 1.165) is 21.0 Å². The zero-order chi connectivity index (χ0) is 29.0. The minimum absolute atomic E-state index is 0.0462. The molecule has 0 aliphatic heterocycles. The number of benzene rings is 3. The molecule has 208 valence electrons. The van der Waals surface area contributed by atoms with Crippen LogP contribution in [0.4, 0.5) is 5.69 Å². The lowest BCUT2D eigenvalue weighted by molar-refractivity contribution is -0.140. The molecule has 0 unspecified atom stereocenters. The van der Waals surface area contributed by atoms with Gasteiger partial charge in [-0.1, -0.05) is 59.6 Å². The maximum atomic E-state index is 14.0. The molecule has 0 saturated carbocycles. The summed E-state index contributed by atoms with van der Waals surface area (Å²) in [4.78, 5) is 28.6. The number of nitrogens with zero attached hydrogens (tertiary/aromatic N) is 2. The summed E-state index contributed by atoms with van der Waals surface area (Å²) in [6.07, 6.45) is 0. The molecule has 0 fully saturated rings. The fraction of sp³-hybridized carbons (Fsp3) is 0.333. The molecule has 39 heavy (non-hydrogen) atoms. The van der Waals surface area contributed by atoms with E-state index in [9.17, 15) is 18.0 Å². The second-order valence-corrected chi connectivity index (χ2v) is 13.0. The Kier molecular flexibility index (Phi) is 9.46. The minimum atomic E-state index is -4.15. The van der Waals surface area contributed by atoms with E-state index in [-0.39, 0.29) is 23.0 Å². The third-order valence-corrected chi connectivity index (χ3v) is 8.27. The molecular weight excluding hydrogens is 534 g/mol. The van der Waals surface area contributed by atoms with Gasteiger partial charge in [0.15, 0.2) is 0 Å². The van der Waals surface area contributed by atoms with Crippen molar-refractivity contribution in [2.45, 2.75) is 64.6 Å². The number of hydrogen-bond donors (Lipinski definition) is 1. The highest BCUT2D eigenvalue weighted by Crippen LogP contribution is 2.27. The number of amides is 2. The van der Waals surface area contributed by atoms with Gasteiger partial charge in [0.05, 0.1) is 10.6 Å². The van der Waals surface area contributed by atoms with Crippen molar-refractivity contribution in [1.29, 1.82) is 0 Å². The van der Waals surface area contributed by atoms with Crippen LogP contribution in [0.5, 0.6) is 0 Å². The smallest absolute Gasteiger partial charge is 0.264 e. The van der Waals surface area contributed by atoms with Gasteiger partial charge in [-0.05, 0) is 83.0 Å². The summed E-state index contributed by atoms with van der Waals surface area (Å²) in [5, 5.41) is 3.26. The Morgan fingerprint density at radius 3 is 2.18 bits per heavy atom. The number of anilines is 1. The summed E-state index contributed by atoms with van der Waals surface area (Å²) >= 11 is 6.21. The largest absolute Gasteiger partial charge is 0.350 e. The predicted octanol–water partition coefficient (Wildman–Crippen LogP) is 5.48. The molecular formula is C30H36ClN3O4S. The van der Waals surface area contributed by atoms with E-state index < -0.39 is 34.1 Å². The summed E-state index contributed by atoms with van der Waals surface area (Å²) in [5.41, 5.74) is 2.46. The Balaban J connectivity index is 2.05. The van der Waals surface area contributed by atoms with Gasteiger partial charge in [-0.25, -0.2) is 8.42 Å². The van der Waals surface area contributed by atoms with E-state index in [0.29, 0.717) is 5.02 Å². The lowest BCUT2D eigenvalue weighted by Gasteiger charge is -2.33. The third kappa shape index (κ3) is 7.83. The molecule has 0 aromatic heterocycles. The Morgan fingerprint density at radius 1 is 0.949 bits per heavy atom. The van der Waals surface area contributed by atoms with E-state index in [1.807, 2.05) is 58.9 Å². The van der Waals surface area contributed by atoms with Gasteiger partial charge < -0.3 is 10.2 Å². The van der Waals surface area contributed by atoms with Crippen LogP contribution in [0.2, 0.25) is 5.02 Å². The van der Waals surface area contributed by atoms with Crippen molar-refractivity contribution in [1.82, 2.24) is 10.2 Å². The molecule has 7 nitrogen and oxygen atoms in total. The number of carbonyl (C=O) groups excluding carboxylic acids is 2. The van der Waals surface area contributed by atoms with Crippen LogP contribution in [0.15, 0.2) is 77.7 Å². The van der Waals surface area contributed by atoms with Crippen molar-refractivity contribution in [3.05, 3.63) is 94.5 Å². The topological polar surface area (TPSA) is 86.8 Å². The normalized spacial score (nSPS) is 12.5. The first kappa shape index (κ1) is 30.2. The van der Waals surface area contributed by atoms with Crippen molar-refractivity contribution in [3.63, 3.8) is 0 Å². The van der Waals surface area contributed by atoms with Crippen LogP contribution in [0.1, 0.15) is 44.4 Å². The van der Waals surface area contributed by atoms with Crippen molar-refractivity contribution in [2.75, 3.05) is 10.8 Å². The molecule has 0 heterocycles. The second kappa shape index (κ2) is 12.2. The molecule has 9 heteroatoms. The van der Waals surface area contributed by atoms with Crippen LogP contribution in [-0.2, 0) is 26.2 Å². The minimum Gasteiger partial charge on any atom is -0.350 e. The molecule has 2 amide bonds. The average Bonchev–Trinajstić information content (AvgIpc) is 2.85. The SMILES string of the molecule is Cc1ccc(S(=O)(=O)N(CC(=O)N(Cc2ccccc2C)[C@@H](C)C(=O)NC(C)(C)C)c2cccc(Cl)c2)cc1. The summed E-state index contributed by atoms with van der Waals surface area (Å²) in [6, 6.07) is 19.5. The van der Waals surface area contributed by atoms with Gasteiger partial charge in [-0.3, -0.25) is 13.9 Å². The first-order valence-electron chi connectivity index (χ1n) is 12.7. The molecule has 1 atom stereocenters. The molecule has 3 aromatic rings. The third-order valence-electron chi connectivity index (χ3n) is 6.25. The number of rotatable bonds is 9. The Labute approximate surface area is 236 Å². The van der Waals surface area contributed by atoms with Crippen molar-refractivity contribution in [2.24, 2.45) is 0 Å². The van der Waals surface area contributed by atoms with Gasteiger partial charge >= 0.3 is 0 Å². The molecule has 3 aromatic carbocycles. The van der Waals surface area contributed by atoms with Crippen LogP contribution in [-0.4, -0.2) is 43.3 Å². The molecule has 0 aliphatic rings. The molecule has 0 radical (unpaired) electrons. The lowest BCUT2D eigenvalue weighted by Crippen LogP contribution is -2.54. The van der Waals surface area contributed by atoms with E-state index in [2.05, 4.69) is 5.32 Å². The van der Waals surface area contributed by atoms with Crippen LogP contribution in [0.3, 0.4) is 0 Å². The standard InChI is InChI=1S/C30H36ClN3O4S/c1-21-14-16-27(17-15-21)39(37,38)34(26-13-9-12-25(31)18-26)20-28(35)33(19-24-11-8-7-10-22(24)2)23(3)29(36)32-30(4,5)6/h7-18,23H,19-20H2,1-6H3,(H,32,36)/t23-/m0/s1. The molecule has 0 aliphatic carbocycles. The quantitative estimate of drug-likeness (QED) is 0.369. The summed E-state index contributed by atoms with van der Waals surface area (Å²) in [7, 11) is -4.15. The fourth-order valence-electron chi connectivity index (χ4n) is 4.03. The maximum absolute atomic E-state index is 14.0. The first-order chi connectivity index (χ1) is 18.2. The van der Waals surface area contributed by atoms with E-state index in [1.165, 1.54) is 23.1 Å². The molecule has 0 spiro atoms. The number of nitrogens with one attached hydrogen (secondary N) is 1. The summed E-state index contributed by atoms with van der Waals surface area (Å²) in [5.74, 6) is -0.856. The maximum Gasteiger partial charge on any atom is 0.264 e. The van der Waals surface area contributed by atoms with Crippen LogP contribution in [0, 0.1) is 13.8 Å². The Hall–Kier alpha value is -3.36. The van der Waals surface area contributed by atoms with Gasteiger partial charge in [0.1, 0.15) is 12.6 Å². The highest BCUT2D eigenvalue weighted by atomic mass is 35.5. The highest BCUT2D eigenvalue weighted by molar-refractivity contribution is 7.92. The molecule has 0 bridgehead atoms. The van der Waals surface area contributed by atoms with Crippen LogP contribution < -0.4 is 9.62 Å². The van der Waals surface area contributed by atoms with E-state index in [4.69, 9.17) is 11.6 Å². The Morgan fingerprint density at radius 2 is 1.59 bits per heavy atom. The number of sulfonamides is 1. The van der Waals surface area contributed by atoms with Crippen molar-refractivity contribution < 1.29 is 18.0 Å². The molecule has 1 N–H and O–H groups in total. The highest BCUT2D eigenvalue weighted by Gasteiger charge is 2.33. The van der Waals surface area contributed by atoms with Crippen LogP contribution in [0.25, 0.3) is 0 Å². The average molecular weight is 570 g/mol. The van der Waals surface area contributed by atoms with Gasteiger partial charge in [0, 0.05) is 17.1 Å². The first-order valence-corrected chi connectivity index (χ1v) is 14.5. The van der Waals surface area contributed by atoms with Gasteiger partial charge in [0.2, 0.25) is 11.8 Å². The lowest BCUT2D eigenvalue weighted by atomic mass is 10.1. The van der Waals surface area contributed by atoms with Crippen molar-refractivity contribution >= 4 is 39.1 Å². The van der Waals surface area contributed by atoms with E-state index in [1.54, 1.807) is 37.3 Å². The van der Waals surface area contributed by atoms with Crippen molar-refractivity contribution in [3.8, 4) is 0 Å². The van der Waals surface area contributed by atoms with Gasteiger partial charge in [-0.2, -0.15) is 0 Å². The zero-order valence-electron chi connectivity index (χ0n) is 23.2.